The summed E-state index contributed by atoms with van der Waals surface area (Å²) in [7, 11) is 0. The fourth-order valence-electron chi connectivity index (χ4n) is 2.20. The van der Waals surface area contributed by atoms with Crippen molar-refractivity contribution in [2.45, 2.75) is 27.2 Å². The highest BCUT2D eigenvalue weighted by Crippen LogP contribution is 2.33. The first kappa shape index (κ1) is 18.8. The average Bonchev–Trinajstić information content (AvgIpc) is 2.49. The molecule has 0 fully saturated rings. The summed E-state index contributed by atoms with van der Waals surface area (Å²) in [5, 5.41) is 7.17. The van der Waals surface area contributed by atoms with E-state index in [9.17, 15) is 4.79 Å². The van der Waals surface area contributed by atoms with Crippen LogP contribution in [0.1, 0.15) is 31.9 Å². The van der Waals surface area contributed by atoms with Crippen molar-refractivity contribution < 1.29 is 4.79 Å². The normalized spacial score (nSPS) is 10.4. The van der Waals surface area contributed by atoms with Gasteiger partial charge in [0.15, 0.2) is 0 Å². The Kier molecular flexibility index (Phi) is 6.27. The molecule has 0 saturated heterocycles. The van der Waals surface area contributed by atoms with Crippen molar-refractivity contribution in [2.75, 3.05) is 5.01 Å². The van der Waals surface area contributed by atoms with E-state index >= 15 is 0 Å². The standard InChI is InChI=1S/C18H17Cl3N2O/c1-11(2)22-23(12(3)24)15-9-17(20)16(18(21)10-15)8-13-4-6-14(19)7-5-13/h4-7,9-10H,8H2,1-3H3. The lowest BCUT2D eigenvalue weighted by Gasteiger charge is -2.18. The summed E-state index contributed by atoms with van der Waals surface area (Å²) >= 11 is 18.7. The molecular formula is C18H17Cl3N2O. The number of hydrazone groups is 1. The number of anilines is 1. The molecule has 3 nitrogen and oxygen atoms in total. The van der Waals surface area contributed by atoms with Gasteiger partial charge in [0, 0.05) is 34.1 Å². The summed E-state index contributed by atoms with van der Waals surface area (Å²) in [6.45, 7) is 5.07. The highest BCUT2D eigenvalue weighted by atomic mass is 35.5. The molecule has 2 aromatic carbocycles. The first-order chi connectivity index (χ1) is 11.3. The Bertz CT molecular complexity index is 758. The van der Waals surface area contributed by atoms with Gasteiger partial charge in [0.2, 0.25) is 5.91 Å². The molecule has 0 aliphatic heterocycles. The van der Waals surface area contributed by atoms with Gasteiger partial charge in [-0.1, -0.05) is 46.9 Å². The van der Waals surface area contributed by atoms with Crippen LogP contribution in [0.3, 0.4) is 0 Å². The van der Waals surface area contributed by atoms with Crippen LogP contribution in [0.15, 0.2) is 41.5 Å². The zero-order valence-corrected chi connectivity index (χ0v) is 15.9. The molecule has 1 amide bonds. The summed E-state index contributed by atoms with van der Waals surface area (Å²) in [5.74, 6) is -0.214. The van der Waals surface area contributed by atoms with E-state index in [1.807, 2.05) is 38.1 Å². The number of benzene rings is 2. The molecule has 0 spiro atoms. The third-order valence-corrected chi connectivity index (χ3v) is 4.19. The van der Waals surface area contributed by atoms with Crippen molar-refractivity contribution in [1.82, 2.24) is 0 Å². The van der Waals surface area contributed by atoms with Crippen LogP contribution in [0.5, 0.6) is 0 Å². The molecule has 24 heavy (non-hydrogen) atoms. The second-order valence-corrected chi connectivity index (χ2v) is 6.82. The molecule has 0 radical (unpaired) electrons. The van der Waals surface area contributed by atoms with Gasteiger partial charge < -0.3 is 0 Å². The maximum Gasteiger partial charge on any atom is 0.244 e. The van der Waals surface area contributed by atoms with Crippen LogP contribution >= 0.6 is 34.8 Å². The second kappa shape index (κ2) is 8.02. The van der Waals surface area contributed by atoms with Gasteiger partial charge in [-0.05, 0) is 49.2 Å². The summed E-state index contributed by atoms with van der Waals surface area (Å²) in [4.78, 5) is 11.8. The van der Waals surface area contributed by atoms with E-state index in [4.69, 9.17) is 34.8 Å². The van der Waals surface area contributed by atoms with Gasteiger partial charge in [0.25, 0.3) is 0 Å². The van der Waals surface area contributed by atoms with Crippen LogP contribution in [0.4, 0.5) is 5.69 Å². The van der Waals surface area contributed by atoms with E-state index in [0.717, 1.165) is 16.8 Å². The monoisotopic (exact) mass is 382 g/mol. The lowest BCUT2D eigenvalue weighted by Crippen LogP contribution is -2.23. The number of rotatable bonds is 4. The molecule has 0 aliphatic carbocycles. The predicted molar refractivity (Wildman–Crippen MR) is 103 cm³/mol. The molecule has 126 valence electrons. The van der Waals surface area contributed by atoms with Crippen LogP contribution < -0.4 is 5.01 Å². The van der Waals surface area contributed by atoms with Crippen LogP contribution in [0.2, 0.25) is 15.1 Å². The van der Waals surface area contributed by atoms with Crippen LogP contribution in [0.25, 0.3) is 0 Å². The molecule has 0 saturated carbocycles. The molecule has 0 unspecified atom stereocenters. The molecule has 0 atom stereocenters. The van der Waals surface area contributed by atoms with E-state index in [-0.39, 0.29) is 5.91 Å². The van der Waals surface area contributed by atoms with Crippen LogP contribution in [0, 0.1) is 0 Å². The van der Waals surface area contributed by atoms with Crippen LogP contribution in [-0.2, 0) is 11.2 Å². The Morgan fingerprint density at radius 2 is 1.54 bits per heavy atom. The zero-order valence-electron chi connectivity index (χ0n) is 13.6. The maximum absolute atomic E-state index is 11.8. The Morgan fingerprint density at radius 1 is 1.00 bits per heavy atom. The van der Waals surface area contributed by atoms with E-state index in [0.29, 0.717) is 27.2 Å². The fraction of sp³-hybridized carbons (Fsp3) is 0.222. The van der Waals surface area contributed by atoms with Gasteiger partial charge in [-0.3, -0.25) is 4.79 Å². The molecule has 0 heterocycles. The molecule has 0 N–H and O–H groups in total. The number of nitrogens with zero attached hydrogens (tertiary/aromatic N) is 2. The third kappa shape index (κ3) is 4.73. The molecule has 2 rings (SSSR count). The largest absolute Gasteiger partial charge is 0.273 e. The Hall–Kier alpha value is -1.55. The molecule has 0 aliphatic rings. The van der Waals surface area contributed by atoms with Gasteiger partial charge >= 0.3 is 0 Å². The third-order valence-electron chi connectivity index (χ3n) is 3.26. The SMILES string of the molecule is CC(=O)N(N=C(C)C)c1cc(Cl)c(Cc2ccc(Cl)cc2)c(Cl)c1. The van der Waals surface area contributed by atoms with E-state index in [2.05, 4.69) is 5.10 Å². The van der Waals surface area contributed by atoms with Gasteiger partial charge in [0.1, 0.15) is 0 Å². The van der Waals surface area contributed by atoms with E-state index in [1.54, 1.807) is 12.1 Å². The zero-order chi connectivity index (χ0) is 17.9. The smallest absolute Gasteiger partial charge is 0.244 e. The van der Waals surface area contributed by atoms with Crippen molar-refractivity contribution in [3.05, 3.63) is 62.6 Å². The summed E-state index contributed by atoms with van der Waals surface area (Å²) in [5.41, 5.74) is 3.13. The quantitative estimate of drug-likeness (QED) is 0.471. The summed E-state index contributed by atoms with van der Waals surface area (Å²) < 4.78 is 0. The van der Waals surface area contributed by atoms with Crippen molar-refractivity contribution in [3.63, 3.8) is 0 Å². The van der Waals surface area contributed by atoms with Crippen molar-refractivity contribution in [3.8, 4) is 0 Å². The van der Waals surface area contributed by atoms with Crippen LogP contribution in [-0.4, -0.2) is 11.6 Å². The lowest BCUT2D eigenvalue weighted by molar-refractivity contribution is -0.116. The van der Waals surface area contributed by atoms with Gasteiger partial charge in [0.05, 0.1) is 5.69 Å². The minimum Gasteiger partial charge on any atom is -0.273 e. The number of carbonyl (C=O) groups is 1. The molecule has 0 bridgehead atoms. The van der Waals surface area contributed by atoms with Crippen molar-refractivity contribution in [2.24, 2.45) is 5.10 Å². The minimum absolute atomic E-state index is 0.214. The number of hydrogen-bond donors (Lipinski definition) is 0. The van der Waals surface area contributed by atoms with E-state index in [1.165, 1.54) is 11.9 Å². The molecule has 0 aromatic heterocycles. The topological polar surface area (TPSA) is 32.7 Å². The molecule has 6 heteroatoms. The fourth-order valence-corrected chi connectivity index (χ4v) is 2.93. The van der Waals surface area contributed by atoms with Crippen molar-refractivity contribution >= 4 is 52.1 Å². The van der Waals surface area contributed by atoms with Crippen molar-refractivity contribution in [1.29, 1.82) is 0 Å². The number of halogens is 3. The number of carbonyl (C=O) groups excluding carboxylic acids is 1. The minimum atomic E-state index is -0.214. The highest BCUT2D eigenvalue weighted by Gasteiger charge is 2.16. The molecule has 2 aromatic rings. The predicted octanol–water partition coefficient (Wildman–Crippen LogP) is 5.99. The molecular weight excluding hydrogens is 367 g/mol. The first-order valence-electron chi connectivity index (χ1n) is 7.33. The second-order valence-electron chi connectivity index (χ2n) is 5.57. The highest BCUT2D eigenvalue weighted by molar-refractivity contribution is 6.36. The first-order valence-corrected chi connectivity index (χ1v) is 8.46. The average molecular weight is 384 g/mol. The van der Waals surface area contributed by atoms with Gasteiger partial charge in [-0.2, -0.15) is 5.10 Å². The maximum atomic E-state index is 11.8. The Balaban J connectivity index is 2.38. The number of amides is 1. The summed E-state index contributed by atoms with van der Waals surface area (Å²) in [6.07, 6.45) is 0.575. The summed E-state index contributed by atoms with van der Waals surface area (Å²) in [6, 6.07) is 10.9. The van der Waals surface area contributed by atoms with Gasteiger partial charge in [-0.15, -0.1) is 0 Å². The number of hydrogen-bond acceptors (Lipinski definition) is 2. The Labute approximate surface area is 156 Å². The van der Waals surface area contributed by atoms with Gasteiger partial charge in [-0.25, -0.2) is 5.01 Å². The Morgan fingerprint density at radius 3 is 2.00 bits per heavy atom. The van der Waals surface area contributed by atoms with E-state index < -0.39 is 0 Å². The lowest BCUT2D eigenvalue weighted by atomic mass is 10.0.